The van der Waals surface area contributed by atoms with Crippen LogP contribution in [0.1, 0.15) is 26.5 Å². The molecule has 1 N–H and O–H groups in total. The molecule has 26 heavy (non-hydrogen) atoms. The Labute approximate surface area is 151 Å². The Morgan fingerprint density at radius 3 is 2.58 bits per heavy atom. The zero-order valence-electron chi connectivity index (χ0n) is 15.0. The van der Waals surface area contributed by atoms with E-state index in [2.05, 4.69) is 20.8 Å². The molecule has 0 saturated carbocycles. The first kappa shape index (κ1) is 17.6. The van der Waals surface area contributed by atoms with Gasteiger partial charge in [0.15, 0.2) is 5.82 Å². The van der Waals surface area contributed by atoms with E-state index in [9.17, 15) is 4.79 Å². The van der Waals surface area contributed by atoms with Gasteiger partial charge in [-0.25, -0.2) is 0 Å². The highest BCUT2D eigenvalue weighted by atomic mass is 16.3. The number of amides is 1. The van der Waals surface area contributed by atoms with Crippen LogP contribution in [0.5, 0.6) is 0 Å². The number of nitrogens with one attached hydrogen (secondary N) is 1. The zero-order chi connectivity index (χ0) is 18.5. The third-order valence-corrected chi connectivity index (χ3v) is 4.14. The second-order valence-corrected chi connectivity index (χ2v) is 6.33. The molecule has 3 rings (SSSR count). The van der Waals surface area contributed by atoms with Gasteiger partial charge in [0, 0.05) is 17.7 Å². The predicted molar refractivity (Wildman–Crippen MR) is 98.6 cm³/mol. The number of rotatable bonds is 6. The van der Waals surface area contributed by atoms with E-state index >= 15 is 0 Å². The van der Waals surface area contributed by atoms with E-state index in [1.807, 2.05) is 51.1 Å². The second-order valence-electron chi connectivity index (χ2n) is 6.33. The fourth-order valence-corrected chi connectivity index (χ4v) is 2.30. The Morgan fingerprint density at radius 2 is 1.92 bits per heavy atom. The van der Waals surface area contributed by atoms with Crippen LogP contribution in [0.2, 0.25) is 0 Å². The highest BCUT2D eigenvalue weighted by molar-refractivity contribution is 6.18. The van der Waals surface area contributed by atoms with Crippen molar-refractivity contribution in [3.63, 3.8) is 0 Å². The van der Waals surface area contributed by atoms with Crippen molar-refractivity contribution in [1.29, 1.82) is 0 Å². The smallest absolute Gasteiger partial charge is 0.270 e. The highest BCUT2D eigenvalue weighted by Crippen LogP contribution is 2.20. The maximum atomic E-state index is 12.9. The Morgan fingerprint density at radius 1 is 1.15 bits per heavy atom. The molecule has 1 atom stereocenters. The largest absolute Gasteiger partial charge is 0.465 e. The summed E-state index contributed by atoms with van der Waals surface area (Å²) >= 11 is 0. The molecule has 0 radical (unpaired) electrons. The average molecular weight is 351 g/mol. The minimum absolute atomic E-state index is 0.000781. The number of carbonyl (C=O) groups excluding carboxylic acids is 1. The van der Waals surface area contributed by atoms with Crippen LogP contribution in [-0.2, 0) is 4.79 Å². The van der Waals surface area contributed by atoms with E-state index in [0.29, 0.717) is 17.5 Å². The molecule has 0 fully saturated rings. The maximum Gasteiger partial charge on any atom is 0.270 e. The van der Waals surface area contributed by atoms with Gasteiger partial charge in [-0.1, -0.05) is 44.2 Å². The molecular formula is C19H21N5O2. The lowest BCUT2D eigenvalue weighted by Crippen LogP contribution is -2.37. The van der Waals surface area contributed by atoms with Crippen LogP contribution in [0.4, 0.5) is 0 Å². The van der Waals surface area contributed by atoms with Gasteiger partial charge in [0.05, 0.1) is 6.26 Å². The summed E-state index contributed by atoms with van der Waals surface area (Å²) < 4.78 is 6.80. The van der Waals surface area contributed by atoms with Gasteiger partial charge in [-0.15, -0.1) is 5.10 Å². The molecule has 2 aromatic heterocycles. The van der Waals surface area contributed by atoms with Gasteiger partial charge in [0.1, 0.15) is 11.5 Å². The van der Waals surface area contributed by atoms with Gasteiger partial charge in [-0.2, -0.15) is 4.68 Å². The van der Waals surface area contributed by atoms with Gasteiger partial charge in [-0.3, -0.25) is 4.79 Å². The lowest BCUT2D eigenvalue weighted by atomic mass is 10.1. The normalized spacial score (nSPS) is 13.0. The quantitative estimate of drug-likeness (QED) is 0.690. The lowest BCUT2D eigenvalue weighted by Gasteiger charge is -2.18. The fraction of sp³-hybridized carbons (Fsp3) is 0.263. The van der Waals surface area contributed by atoms with Gasteiger partial charge < -0.3 is 9.73 Å². The third-order valence-electron chi connectivity index (χ3n) is 4.14. The summed E-state index contributed by atoms with van der Waals surface area (Å²) in [4.78, 5) is 12.9. The molecule has 1 aromatic carbocycles. The van der Waals surface area contributed by atoms with E-state index in [-0.39, 0.29) is 17.6 Å². The van der Waals surface area contributed by atoms with E-state index < -0.39 is 0 Å². The van der Waals surface area contributed by atoms with E-state index in [1.54, 1.807) is 24.5 Å². The standard InChI is InChI=1S/C19H21N5O2/c1-13(2)14(3)20-19(25)17(12-16-10-7-11-26-16)24-18(21-22-23-24)15-8-5-4-6-9-15/h4-14H,1-3H3,(H,20,25)/b17-12+. The van der Waals surface area contributed by atoms with Crippen molar-refractivity contribution < 1.29 is 9.21 Å². The average Bonchev–Trinajstić information content (AvgIpc) is 3.31. The highest BCUT2D eigenvalue weighted by Gasteiger charge is 2.21. The molecule has 0 aliphatic carbocycles. The van der Waals surface area contributed by atoms with Gasteiger partial charge in [0.25, 0.3) is 5.91 Å². The summed E-state index contributed by atoms with van der Waals surface area (Å²) in [6.07, 6.45) is 3.18. The summed E-state index contributed by atoms with van der Waals surface area (Å²) in [7, 11) is 0. The summed E-state index contributed by atoms with van der Waals surface area (Å²) in [6, 6.07) is 13.0. The number of nitrogens with zero attached hydrogens (tertiary/aromatic N) is 4. The first-order valence-corrected chi connectivity index (χ1v) is 8.46. The van der Waals surface area contributed by atoms with Crippen LogP contribution in [0, 0.1) is 5.92 Å². The number of benzene rings is 1. The number of carbonyl (C=O) groups is 1. The van der Waals surface area contributed by atoms with E-state index in [1.165, 1.54) is 4.68 Å². The SMILES string of the molecule is CC(C)C(C)NC(=O)/C(=C\c1ccco1)n1nnnc1-c1ccccc1. The van der Waals surface area contributed by atoms with Crippen molar-refractivity contribution in [1.82, 2.24) is 25.5 Å². The summed E-state index contributed by atoms with van der Waals surface area (Å²) in [5, 5.41) is 14.9. The van der Waals surface area contributed by atoms with E-state index in [4.69, 9.17) is 4.42 Å². The molecule has 0 aliphatic rings. The van der Waals surface area contributed by atoms with Gasteiger partial charge in [-0.05, 0) is 35.4 Å². The molecule has 0 saturated heterocycles. The molecule has 2 heterocycles. The molecule has 7 nitrogen and oxygen atoms in total. The Hall–Kier alpha value is -3.22. The van der Waals surface area contributed by atoms with Crippen LogP contribution in [0.25, 0.3) is 23.2 Å². The summed E-state index contributed by atoms with van der Waals surface area (Å²) in [5.74, 6) is 1.05. The Bertz CT molecular complexity index is 882. The number of hydrogen-bond donors (Lipinski definition) is 1. The molecule has 0 spiro atoms. The number of hydrogen-bond acceptors (Lipinski definition) is 5. The molecule has 3 aromatic rings. The topological polar surface area (TPSA) is 85.8 Å². The number of tetrazole rings is 1. The second kappa shape index (κ2) is 7.77. The first-order valence-electron chi connectivity index (χ1n) is 8.46. The first-order chi connectivity index (χ1) is 12.6. The van der Waals surface area contributed by atoms with Crippen LogP contribution in [-0.4, -0.2) is 32.2 Å². The van der Waals surface area contributed by atoms with Crippen molar-refractivity contribution in [2.24, 2.45) is 5.92 Å². The Balaban J connectivity index is 2.03. The van der Waals surface area contributed by atoms with Crippen LogP contribution < -0.4 is 5.32 Å². The van der Waals surface area contributed by atoms with Crippen LogP contribution in [0.3, 0.4) is 0 Å². The third kappa shape index (κ3) is 3.88. The van der Waals surface area contributed by atoms with Crippen LogP contribution >= 0.6 is 0 Å². The predicted octanol–water partition coefficient (Wildman–Crippen LogP) is 3.09. The molecule has 0 aliphatic heterocycles. The Kier molecular flexibility index (Phi) is 5.26. The number of aromatic nitrogens is 4. The molecule has 1 unspecified atom stereocenters. The van der Waals surface area contributed by atoms with Crippen molar-refractivity contribution in [2.45, 2.75) is 26.8 Å². The molecule has 134 valence electrons. The van der Waals surface area contributed by atoms with Gasteiger partial charge >= 0.3 is 0 Å². The zero-order valence-corrected chi connectivity index (χ0v) is 15.0. The molecule has 0 bridgehead atoms. The monoisotopic (exact) mass is 351 g/mol. The lowest BCUT2D eigenvalue weighted by molar-refractivity contribution is -0.116. The van der Waals surface area contributed by atoms with Crippen molar-refractivity contribution >= 4 is 17.7 Å². The minimum atomic E-state index is -0.271. The van der Waals surface area contributed by atoms with Crippen molar-refractivity contribution in [3.05, 3.63) is 54.5 Å². The molecule has 1 amide bonds. The minimum Gasteiger partial charge on any atom is -0.465 e. The van der Waals surface area contributed by atoms with Gasteiger partial charge in [0.2, 0.25) is 0 Å². The van der Waals surface area contributed by atoms with Crippen molar-refractivity contribution in [2.75, 3.05) is 0 Å². The fourth-order valence-electron chi connectivity index (χ4n) is 2.30. The van der Waals surface area contributed by atoms with Crippen LogP contribution in [0.15, 0.2) is 53.1 Å². The van der Waals surface area contributed by atoms with E-state index in [0.717, 1.165) is 5.56 Å². The molecule has 7 heteroatoms. The summed E-state index contributed by atoms with van der Waals surface area (Å²) in [6.45, 7) is 6.06. The summed E-state index contributed by atoms with van der Waals surface area (Å²) in [5.41, 5.74) is 1.10. The molecular weight excluding hydrogens is 330 g/mol. The van der Waals surface area contributed by atoms with Crippen molar-refractivity contribution in [3.8, 4) is 11.4 Å². The number of furan rings is 1. The maximum absolute atomic E-state index is 12.9.